The quantitative estimate of drug-likeness (QED) is 0.362. The molecule has 0 saturated carbocycles. The van der Waals surface area contributed by atoms with Gasteiger partial charge in [0.1, 0.15) is 5.75 Å². The van der Waals surface area contributed by atoms with Crippen LogP contribution in [-0.4, -0.2) is 34.2 Å². The van der Waals surface area contributed by atoms with E-state index >= 15 is 0 Å². The van der Waals surface area contributed by atoms with Crippen LogP contribution in [0.3, 0.4) is 0 Å². The van der Waals surface area contributed by atoms with E-state index in [0.29, 0.717) is 17.9 Å². The van der Waals surface area contributed by atoms with Crippen LogP contribution >= 0.6 is 7.60 Å². The number of rotatable bonds is 12. The van der Waals surface area contributed by atoms with E-state index in [0.717, 1.165) is 28.5 Å². The molecule has 0 unspecified atom stereocenters. The maximum Gasteiger partial charge on any atom is 0.367 e. The maximum atomic E-state index is 12.7. The molecule has 0 bridgehead atoms. The molecule has 0 atom stereocenters. The number of sulfonamides is 1. The molecule has 0 saturated heterocycles. The molecule has 1 N–H and O–H groups in total. The van der Waals surface area contributed by atoms with Crippen LogP contribution in [-0.2, 0) is 30.1 Å². The molecule has 7 nitrogen and oxygen atoms in total. The summed E-state index contributed by atoms with van der Waals surface area (Å²) in [6.07, 6.45) is 1.72. The number of anilines is 1. The zero-order chi connectivity index (χ0) is 24.8. The van der Waals surface area contributed by atoms with Crippen LogP contribution in [0.2, 0.25) is 0 Å². The number of aryl methyl sites for hydroxylation is 2. The van der Waals surface area contributed by atoms with Gasteiger partial charge in [0.2, 0.25) is 10.0 Å². The van der Waals surface area contributed by atoms with Gasteiger partial charge in [0.05, 0.1) is 25.2 Å². The first kappa shape index (κ1) is 27.4. The van der Waals surface area contributed by atoms with E-state index in [9.17, 15) is 13.0 Å². The Balaban J connectivity index is 2.25. The summed E-state index contributed by atoms with van der Waals surface area (Å²) in [4.78, 5) is 0. The van der Waals surface area contributed by atoms with E-state index in [4.69, 9.17) is 13.8 Å². The highest BCUT2D eigenvalue weighted by molar-refractivity contribution is 7.92. The van der Waals surface area contributed by atoms with Gasteiger partial charge in [-0.3, -0.25) is 9.29 Å². The number of ether oxygens (including phenoxy) is 1. The molecule has 9 heteroatoms. The molecule has 0 aliphatic rings. The molecule has 184 valence electrons. The van der Waals surface area contributed by atoms with Crippen molar-refractivity contribution >= 4 is 23.3 Å². The fraction of sp³-hybridized carbons (Fsp3) is 0.500. The third-order valence-corrected chi connectivity index (χ3v) is 7.46. The molecule has 0 heterocycles. The highest BCUT2D eigenvalue weighted by atomic mass is 32.2. The highest BCUT2D eigenvalue weighted by Crippen LogP contribution is 2.48. The lowest BCUT2D eigenvalue weighted by Gasteiger charge is -2.19. The first-order valence-corrected chi connectivity index (χ1v) is 14.7. The fourth-order valence-electron chi connectivity index (χ4n) is 3.67. The van der Waals surface area contributed by atoms with Crippen LogP contribution in [0.4, 0.5) is 5.69 Å². The summed E-state index contributed by atoms with van der Waals surface area (Å²) in [7, 11) is -6.64. The summed E-state index contributed by atoms with van der Waals surface area (Å²) in [5, 5.41) is 0. The third kappa shape index (κ3) is 8.14. The Morgan fingerprint density at radius 1 is 1.00 bits per heavy atom. The third-order valence-electron chi connectivity index (χ3n) is 5.12. The van der Waals surface area contributed by atoms with Gasteiger partial charge in [-0.2, -0.15) is 0 Å². The average molecular weight is 498 g/mol. The van der Waals surface area contributed by atoms with E-state index in [1.165, 1.54) is 5.56 Å². The SMILES string of the molecule is CCOP(=O)(COc1cc(C)c(Cc2ccc(NS(C)(=O)=O)c(C(C)C)c2)c(C)c1)OCC. The van der Waals surface area contributed by atoms with E-state index in [1.54, 1.807) is 13.8 Å². The average Bonchev–Trinajstić information content (AvgIpc) is 2.69. The highest BCUT2D eigenvalue weighted by Gasteiger charge is 2.25. The van der Waals surface area contributed by atoms with Crippen LogP contribution < -0.4 is 9.46 Å². The van der Waals surface area contributed by atoms with Crippen molar-refractivity contribution in [2.45, 2.75) is 53.9 Å². The van der Waals surface area contributed by atoms with Gasteiger partial charge >= 0.3 is 7.60 Å². The van der Waals surface area contributed by atoms with Crippen LogP contribution in [0.15, 0.2) is 30.3 Å². The molecule has 0 radical (unpaired) electrons. The molecule has 0 spiro atoms. The number of benzene rings is 2. The van der Waals surface area contributed by atoms with Gasteiger partial charge in [0.25, 0.3) is 0 Å². The lowest BCUT2D eigenvalue weighted by Crippen LogP contribution is -2.12. The summed E-state index contributed by atoms with van der Waals surface area (Å²) in [5.41, 5.74) is 5.93. The Bertz CT molecular complexity index is 1080. The van der Waals surface area contributed by atoms with Crippen molar-refractivity contribution in [3.63, 3.8) is 0 Å². The number of hydrogen-bond acceptors (Lipinski definition) is 6. The lowest BCUT2D eigenvalue weighted by molar-refractivity contribution is 0.197. The van der Waals surface area contributed by atoms with Gasteiger partial charge in [-0.05, 0) is 86.1 Å². The summed E-state index contributed by atoms with van der Waals surface area (Å²) >= 11 is 0. The standard InChI is InChI=1S/C24H36NO6PS/c1-8-30-32(26,31-9-2)16-29-21-12-18(5)23(19(6)13-21)15-20-10-11-24(25-33(7,27)28)22(14-20)17(3)4/h10-14,17,25H,8-9,15-16H2,1-7H3. The van der Waals surface area contributed by atoms with Crippen molar-refractivity contribution < 1.29 is 26.8 Å². The second-order valence-electron chi connectivity index (χ2n) is 8.38. The van der Waals surface area contributed by atoms with Crippen LogP contribution in [0, 0.1) is 13.8 Å². The van der Waals surface area contributed by atoms with E-state index < -0.39 is 17.6 Å². The molecule has 0 fully saturated rings. The van der Waals surface area contributed by atoms with Crippen molar-refractivity contribution in [2.24, 2.45) is 0 Å². The predicted octanol–water partition coefficient (Wildman–Crippen LogP) is 5.99. The predicted molar refractivity (Wildman–Crippen MR) is 134 cm³/mol. The fourth-order valence-corrected chi connectivity index (χ4v) is 5.57. The van der Waals surface area contributed by atoms with Gasteiger partial charge in [-0.1, -0.05) is 26.0 Å². The molecule has 2 aromatic rings. The van der Waals surface area contributed by atoms with Crippen LogP contribution in [0.5, 0.6) is 5.75 Å². The number of hydrogen-bond donors (Lipinski definition) is 1. The zero-order valence-electron chi connectivity index (χ0n) is 20.6. The largest absolute Gasteiger partial charge is 0.481 e. The van der Waals surface area contributed by atoms with Gasteiger partial charge in [0.15, 0.2) is 6.35 Å². The minimum absolute atomic E-state index is 0.139. The Hall–Kier alpha value is -1.86. The first-order chi connectivity index (χ1) is 15.4. The smallest absolute Gasteiger partial charge is 0.367 e. The molecule has 33 heavy (non-hydrogen) atoms. The van der Waals surface area contributed by atoms with E-state index in [2.05, 4.69) is 10.8 Å². The second-order valence-corrected chi connectivity index (χ2v) is 12.1. The Morgan fingerprint density at radius 2 is 1.58 bits per heavy atom. The Kier molecular flexibility index (Phi) is 9.56. The van der Waals surface area contributed by atoms with Gasteiger partial charge < -0.3 is 13.8 Å². The topological polar surface area (TPSA) is 90.9 Å². The summed E-state index contributed by atoms with van der Waals surface area (Å²) in [6.45, 7) is 12.2. The van der Waals surface area contributed by atoms with Crippen LogP contribution in [0.25, 0.3) is 0 Å². The first-order valence-electron chi connectivity index (χ1n) is 11.1. The summed E-state index contributed by atoms with van der Waals surface area (Å²) in [5.74, 6) is 0.780. The van der Waals surface area contributed by atoms with Crippen molar-refractivity contribution in [3.8, 4) is 5.75 Å². The molecule has 0 aliphatic heterocycles. The molecule has 0 aliphatic carbocycles. The normalized spacial score (nSPS) is 12.2. The number of nitrogens with one attached hydrogen (secondary N) is 1. The molecular weight excluding hydrogens is 461 g/mol. The molecule has 0 amide bonds. The van der Waals surface area contributed by atoms with Crippen molar-refractivity contribution in [1.82, 2.24) is 0 Å². The zero-order valence-corrected chi connectivity index (χ0v) is 22.3. The molecule has 0 aromatic heterocycles. The Labute approximate surface area is 198 Å². The monoisotopic (exact) mass is 497 g/mol. The van der Waals surface area contributed by atoms with E-state index in [1.807, 2.05) is 52.0 Å². The van der Waals surface area contributed by atoms with Crippen molar-refractivity contribution in [1.29, 1.82) is 0 Å². The van der Waals surface area contributed by atoms with Gasteiger partial charge in [-0.25, -0.2) is 8.42 Å². The Morgan fingerprint density at radius 3 is 2.06 bits per heavy atom. The molecule has 2 aromatic carbocycles. The van der Waals surface area contributed by atoms with E-state index in [-0.39, 0.29) is 25.5 Å². The lowest BCUT2D eigenvalue weighted by atomic mass is 9.92. The van der Waals surface area contributed by atoms with Crippen molar-refractivity contribution in [2.75, 3.05) is 30.5 Å². The van der Waals surface area contributed by atoms with Crippen molar-refractivity contribution in [3.05, 3.63) is 58.1 Å². The van der Waals surface area contributed by atoms with Crippen LogP contribution in [0.1, 0.15) is 61.4 Å². The summed E-state index contributed by atoms with van der Waals surface area (Å²) < 4.78 is 55.0. The van der Waals surface area contributed by atoms with Gasteiger partial charge in [0, 0.05) is 0 Å². The summed E-state index contributed by atoms with van der Waals surface area (Å²) in [6, 6.07) is 9.68. The second kappa shape index (κ2) is 11.5. The molecular formula is C24H36NO6PS. The van der Waals surface area contributed by atoms with Gasteiger partial charge in [-0.15, -0.1) is 0 Å². The minimum Gasteiger partial charge on any atom is -0.481 e. The minimum atomic E-state index is -3.35. The maximum absolute atomic E-state index is 12.7. The molecule has 2 rings (SSSR count).